The minimum absolute atomic E-state index is 0.636. The fraction of sp³-hybridized carbons (Fsp3) is 0.462. The molecule has 0 aliphatic rings. The second-order valence-electron chi connectivity index (χ2n) is 3.71. The zero-order valence-corrected chi connectivity index (χ0v) is 12.5. The highest BCUT2D eigenvalue weighted by Crippen LogP contribution is 2.19. The van der Waals surface area contributed by atoms with E-state index in [1.807, 2.05) is 29.2 Å². The lowest BCUT2D eigenvalue weighted by Crippen LogP contribution is -2.37. The van der Waals surface area contributed by atoms with Gasteiger partial charge in [0.05, 0.1) is 6.54 Å². The van der Waals surface area contributed by atoms with Crippen molar-refractivity contribution in [3.8, 4) is 0 Å². The molecular weight excluding hydrogens is 266 g/mol. The summed E-state index contributed by atoms with van der Waals surface area (Å²) in [4.78, 5) is 7.63. The van der Waals surface area contributed by atoms with Crippen LogP contribution in [0.2, 0.25) is 5.02 Å². The van der Waals surface area contributed by atoms with Gasteiger partial charge in [-0.2, -0.15) is 0 Å². The number of guanidine groups is 1. The van der Waals surface area contributed by atoms with E-state index in [0.29, 0.717) is 5.96 Å². The number of halogens is 1. The molecule has 0 spiro atoms. The Hall–Kier alpha value is -0.870. The molecule has 1 aromatic rings. The van der Waals surface area contributed by atoms with E-state index in [-0.39, 0.29) is 0 Å². The molecule has 0 bridgehead atoms. The summed E-state index contributed by atoms with van der Waals surface area (Å²) in [6.45, 7) is 6.69. The van der Waals surface area contributed by atoms with Crippen molar-refractivity contribution >= 4 is 29.3 Å². The van der Waals surface area contributed by atoms with Crippen molar-refractivity contribution in [3.05, 3.63) is 29.3 Å². The lowest BCUT2D eigenvalue weighted by atomic mass is 10.4. The van der Waals surface area contributed by atoms with E-state index in [9.17, 15) is 0 Å². The van der Waals surface area contributed by atoms with Crippen molar-refractivity contribution in [3.63, 3.8) is 0 Å². The highest BCUT2D eigenvalue weighted by molar-refractivity contribution is 7.99. The molecule has 0 heterocycles. The van der Waals surface area contributed by atoms with E-state index in [4.69, 9.17) is 17.3 Å². The largest absolute Gasteiger partial charge is 0.370 e. The summed E-state index contributed by atoms with van der Waals surface area (Å²) in [5, 5.41) is 0.767. The average molecular weight is 286 g/mol. The van der Waals surface area contributed by atoms with Crippen molar-refractivity contribution in [1.29, 1.82) is 0 Å². The van der Waals surface area contributed by atoms with Gasteiger partial charge in [-0.15, -0.1) is 11.8 Å². The van der Waals surface area contributed by atoms with Crippen LogP contribution in [-0.4, -0.2) is 36.2 Å². The molecule has 5 heteroatoms. The summed E-state index contributed by atoms with van der Waals surface area (Å²) in [6.07, 6.45) is 0. The third kappa shape index (κ3) is 5.19. The van der Waals surface area contributed by atoms with Gasteiger partial charge in [0.15, 0.2) is 5.96 Å². The maximum absolute atomic E-state index is 5.89. The molecule has 0 unspecified atom stereocenters. The van der Waals surface area contributed by atoms with E-state index in [2.05, 4.69) is 18.8 Å². The molecule has 0 aliphatic carbocycles. The van der Waals surface area contributed by atoms with Crippen molar-refractivity contribution in [1.82, 2.24) is 4.90 Å². The molecule has 1 rings (SSSR count). The van der Waals surface area contributed by atoms with Crippen molar-refractivity contribution < 1.29 is 0 Å². The number of nitrogens with zero attached hydrogens (tertiary/aromatic N) is 2. The number of rotatable bonds is 6. The Morgan fingerprint density at radius 3 is 2.44 bits per heavy atom. The van der Waals surface area contributed by atoms with Crippen molar-refractivity contribution in [2.45, 2.75) is 18.7 Å². The van der Waals surface area contributed by atoms with Crippen LogP contribution in [0.5, 0.6) is 0 Å². The first kappa shape index (κ1) is 15.2. The summed E-state index contributed by atoms with van der Waals surface area (Å²) < 4.78 is 0. The molecule has 0 fully saturated rings. The molecule has 0 aromatic heterocycles. The number of hydrogen-bond donors (Lipinski definition) is 1. The fourth-order valence-electron chi connectivity index (χ4n) is 1.50. The zero-order valence-electron chi connectivity index (χ0n) is 10.9. The Bertz CT molecular complexity index is 374. The van der Waals surface area contributed by atoms with Crippen LogP contribution in [0.3, 0.4) is 0 Å². The minimum Gasteiger partial charge on any atom is -0.370 e. The maximum atomic E-state index is 5.89. The fourth-order valence-corrected chi connectivity index (χ4v) is 2.37. The molecule has 0 saturated heterocycles. The molecule has 100 valence electrons. The molecule has 0 radical (unpaired) electrons. The smallest absolute Gasteiger partial charge is 0.191 e. The number of benzene rings is 1. The molecule has 0 atom stereocenters. The third-order valence-electron chi connectivity index (χ3n) is 2.53. The van der Waals surface area contributed by atoms with Gasteiger partial charge in [0.25, 0.3) is 0 Å². The number of hydrogen-bond acceptors (Lipinski definition) is 2. The summed E-state index contributed by atoms with van der Waals surface area (Å²) in [7, 11) is 0. The topological polar surface area (TPSA) is 41.6 Å². The normalized spacial score (nSPS) is 11.6. The van der Waals surface area contributed by atoms with Crippen LogP contribution < -0.4 is 5.73 Å². The van der Waals surface area contributed by atoms with Crippen molar-refractivity contribution in [2.75, 3.05) is 25.4 Å². The van der Waals surface area contributed by atoms with E-state index < -0.39 is 0 Å². The standard InChI is InChI=1S/C13H20ClN3S/c1-3-17(4-2)13(15)16-9-10-18-12-7-5-11(14)6-8-12/h5-8H,3-4,9-10H2,1-2H3,(H2,15,16). The van der Waals surface area contributed by atoms with Crippen LogP contribution in [0.15, 0.2) is 34.2 Å². The van der Waals surface area contributed by atoms with Gasteiger partial charge in [0.1, 0.15) is 0 Å². The Labute approximate surface area is 118 Å². The van der Waals surface area contributed by atoms with Gasteiger partial charge in [-0.1, -0.05) is 11.6 Å². The Balaban J connectivity index is 2.33. The van der Waals surface area contributed by atoms with Crippen LogP contribution >= 0.6 is 23.4 Å². The third-order valence-corrected chi connectivity index (χ3v) is 3.78. The molecule has 0 amide bonds. The van der Waals surface area contributed by atoms with E-state index in [0.717, 1.165) is 30.4 Å². The predicted molar refractivity (Wildman–Crippen MR) is 81.6 cm³/mol. The molecule has 0 saturated carbocycles. The first-order valence-electron chi connectivity index (χ1n) is 6.10. The summed E-state index contributed by atoms with van der Waals surface area (Å²) in [5.74, 6) is 1.56. The molecular formula is C13H20ClN3S. The molecule has 1 aromatic carbocycles. The molecule has 18 heavy (non-hydrogen) atoms. The van der Waals surface area contributed by atoms with E-state index in [1.165, 1.54) is 4.90 Å². The predicted octanol–water partition coefficient (Wildman–Crippen LogP) is 3.09. The van der Waals surface area contributed by atoms with Crippen LogP contribution in [0.1, 0.15) is 13.8 Å². The van der Waals surface area contributed by atoms with Gasteiger partial charge in [-0.25, -0.2) is 0 Å². The molecule has 2 N–H and O–H groups in total. The highest BCUT2D eigenvalue weighted by Gasteiger charge is 2.01. The number of aliphatic imine (C=N–C) groups is 1. The first-order valence-corrected chi connectivity index (χ1v) is 7.47. The average Bonchev–Trinajstić information content (AvgIpc) is 2.38. The van der Waals surface area contributed by atoms with Crippen LogP contribution in [0.4, 0.5) is 0 Å². The van der Waals surface area contributed by atoms with Gasteiger partial charge < -0.3 is 10.6 Å². The van der Waals surface area contributed by atoms with Crippen LogP contribution in [-0.2, 0) is 0 Å². The zero-order chi connectivity index (χ0) is 13.4. The number of thioether (sulfide) groups is 1. The maximum Gasteiger partial charge on any atom is 0.191 e. The van der Waals surface area contributed by atoms with E-state index in [1.54, 1.807) is 11.8 Å². The Morgan fingerprint density at radius 1 is 1.28 bits per heavy atom. The Morgan fingerprint density at radius 2 is 1.89 bits per heavy atom. The molecule has 0 aliphatic heterocycles. The Kier molecular flexibility index (Phi) is 6.98. The first-order chi connectivity index (χ1) is 8.67. The minimum atomic E-state index is 0.636. The van der Waals surface area contributed by atoms with Crippen molar-refractivity contribution in [2.24, 2.45) is 10.7 Å². The van der Waals surface area contributed by atoms with Gasteiger partial charge in [-0.3, -0.25) is 4.99 Å². The van der Waals surface area contributed by atoms with Crippen LogP contribution in [0.25, 0.3) is 0 Å². The van der Waals surface area contributed by atoms with E-state index >= 15 is 0 Å². The van der Waals surface area contributed by atoms with Gasteiger partial charge in [0.2, 0.25) is 0 Å². The monoisotopic (exact) mass is 285 g/mol. The molecule has 3 nitrogen and oxygen atoms in total. The number of nitrogens with two attached hydrogens (primary N) is 1. The highest BCUT2D eigenvalue weighted by atomic mass is 35.5. The summed E-state index contributed by atoms with van der Waals surface area (Å²) in [5.41, 5.74) is 5.89. The van der Waals surface area contributed by atoms with Gasteiger partial charge >= 0.3 is 0 Å². The van der Waals surface area contributed by atoms with Crippen LogP contribution in [0, 0.1) is 0 Å². The lowest BCUT2D eigenvalue weighted by Gasteiger charge is -2.19. The SMILES string of the molecule is CCN(CC)C(N)=NCCSc1ccc(Cl)cc1. The van der Waals surface area contributed by atoms with Gasteiger partial charge in [0, 0.05) is 28.8 Å². The second-order valence-corrected chi connectivity index (χ2v) is 5.32. The van der Waals surface area contributed by atoms with Gasteiger partial charge in [-0.05, 0) is 38.1 Å². The quantitative estimate of drug-likeness (QED) is 0.378. The summed E-state index contributed by atoms with van der Waals surface area (Å²) in [6, 6.07) is 7.84. The second kappa shape index (κ2) is 8.27. The summed E-state index contributed by atoms with van der Waals surface area (Å²) >= 11 is 7.59. The lowest BCUT2D eigenvalue weighted by molar-refractivity contribution is 0.458.